The molecule has 0 saturated carbocycles. The highest BCUT2D eigenvalue weighted by Gasteiger charge is 2.48. The maximum Gasteiger partial charge on any atom is 0.214 e. The lowest BCUT2D eigenvalue weighted by Crippen LogP contribution is -2.69. The van der Waals surface area contributed by atoms with Crippen LogP contribution < -0.4 is 5.43 Å². The van der Waals surface area contributed by atoms with Crippen LogP contribution in [0.25, 0.3) is 0 Å². The molecule has 1 fully saturated rings. The highest BCUT2D eigenvalue weighted by Crippen LogP contribution is 2.06. The molecule has 1 aliphatic heterocycles. The Balaban J connectivity index is 0.00000225. The number of hydrogen-bond acceptors (Lipinski definition) is 7. The summed E-state index contributed by atoms with van der Waals surface area (Å²) >= 11 is 0. The van der Waals surface area contributed by atoms with Crippen LogP contribution in [0.3, 0.4) is 0 Å². The number of nitrogens with one attached hydrogen (secondary N) is 1. The minimum atomic E-state index is -1.28. The molecule has 1 rings (SSSR count). The Labute approximate surface area is 88.1 Å². The lowest BCUT2D eigenvalue weighted by atomic mass is 10.6. The smallest absolute Gasteiger partial charge is 0.214 e. The molecule has 0 bridgehead atoms. The van der Waals surface area contributed by atoms with Crippen LogP contribution in [0, 0.1) is 30.3 Å². The van der Waals surface area contributed by atoms with Crippen molar-refractivity contribution < 1.29 is 15.1 Å². The molecule has 0 atom stereocenters. The van der Waals surface area contributed by atoms with E-state index in [1.54, 1.807) is 0 Å². The monoisotopic (exact) mass is 239 g/mol. The van der Waals surface area contributed by atoms with E-state index < -0.39 is 15.1 Å². The van der Waals surface area contributed by atoms with Crippen LogP contribution in [0.15, 0.2) is 0 Å². The summed E-state index contributed by atoms with van der Waals surface area (Å²) in [7, 11) is 0. The number of hydrogen-bond donors (Lipinski definition) is 1. The van der Waals surface area contributed by atoms with E-state index in [1.165, 1.54) is 0 Å². The lowest BCUT2D eigenvalue weighted by Gasteiger charge is -2.26. The topological polar surface area (TPSA) is 151 Å². The summed E-state index contributed by atoms with van der Waals surface area (Å²) in [5, 5.41) is 27.0. The number of rotatable bonds is 3. The van der Waals surface area contributed by atoms with E-state index in [1.807, 2.05) is 5.43 Å². The minimum absolute atomic E-state index is 0. The fourth-order valence-electron chi connectivity index (χ4n) is 0.924. The molecule has 13 nitrogen and oxygen atoms in total. The maximum absolute atomic E-state index is 10.4. The standard InChI is InChI=1S/C2H5N7O6.CH4/c10-7(11)4-2-1-3-5(8(12)13)6(4)9(14)15;/h3H,1-2H2;1H4. The van der Waals surface area contributed by atoms with E-state index in [0.29, 0.717) is 0 Å². The van der Waals surface area contributed by atoms with Crippen LogP contribution in [0.5, 0.6) is 0 Å². The molecule has 13 heteroatoms. The van der Waals surface area contributed by atoms with Crippen LogP contribution in [-0.2, 0) is 0 Å². The van der Waals surface area contributed by atoms with Gasteiger partial charge in [-0.15, -0.1) is 5.43 Å². The average molecular weight is 239 g/mol. The van der Waals surface area contributed by atoms with Crippen LogP contribution in [0.1, 0.15) is 7.43 Å². The molecular formula is C3H9N7O6. The summed E-state index contributed by atoms with van der Waals surface area (Å²) in [6, 6.07) is 0. The summed E-state index contributed by atoms with van der Waals surface area (Å²) in [6.07, 6.45) is 0. The van der Waals surface area contributed by atoms with Gasteiger partial charge in [0.25, 0.3) is 0 Å². The van der Waals surface area contributed by atoms with Crippen molar-refractivity contribution in [1.82, 2.24) is 21.0 Å². The van der Waals surface area contributed by atoms with Crippen molar-refractivity contribution in [2.45, 2.75) is 7.43 Å². The van der Waals surface area contributed by atoms with Gasteiger partial charge in [-0.05, 0) is 0 Å². The summed E-state index contributed by atoms with van der Waals surface area (Å²) < 4.78 is 0. The summed E-state index contributed by atoms with van der Waals surface area (Å²) in [4.78, 5) is 31.0. The molecule has 92 valence electrons. The average Bonchev–Trinajstić information content (AvgIpc) is 2.16. The lowest BCUT2D eigenvalue weighted by molar-refractivity contribution is -0.937. The minimum Gasteiger partial charge on any atom is -0.233 e. The predicted octanol–water partition coefficient (Wildman–Crippen LogP) is -1.55. The second-order valence-corrected chi connectivity index (χ2v) is 2.28. The zero-order valence-electron chi connectivity index (χ0n) is 7.05. The van der Waals surface area contributed by atoms with Crippen LogP contribution in [0.4, 0.5) is 0 Å². The largest absolute Gasteiger partial charge is 0.233 e. The Bertz CT molecular complexity index is 284. The van der Waals surface area contributed by atoms with Crippen LogP contribution >= 0.6 is 0 Å². The van der Waals surface area contributed by atoms with Gasteiger partial charge < -0.3 is 0 Å². The zero-order valence-corrected chi connectivity index (χ0v) is 7.05. The van der Waals surface area contributed by atoms with E-state index in [9.17, 15) is 30.3 Å². The van der Waals surface area contributed by atoms with Crippen molar-refractivity contribution in [2.75, 3.05) is 13.1 Å². The molecule has 0 radical (unpaired) electrons. The van der Waals surface area contributed by atoms with E-state index in [-0.39, 0.29) is 36.1 Å². The van der Waals surface area contributed by atoms with Gasteiger partial charge in [-0.1, -0.05) is 7.43 Å². The molecule has 0 spiro atoms. The van der Waals surface area contributed by atoms with Gasteiger partial charge in [-0.25, -0.2) is 30.3 Å². The van der Waals surface area contributed by atoms with Crippen molar-refractivity contribution in [2.24, 2.45) is 0 Å². The normalized spacial score (nSPS) is 15.4. The Morgan fingerprint density at radius 3 is 1.94 bits per heavy atom. The van der Waals surface area contributed by atoms with Crippen LogP contribution in [0.2, 0.25) is 0 Å². The molecular weight excluding hydrogens is 230 g/mol. The molecule has 1 aliphatic rings. The first-order valence-corrected chi connectivity index (χ1v) is 3.49. The molecule has 0 unspecified atom stereocenters. The third-order valence-electron chi connectivity index (χ3n) is 1.43. The first-order valence-electron chi connectivity index (χ1n) is 3.49. The molecule has 0 aromatic carbocycles. The predicted molar refractivity (Wildman–Crippen MR) is 46.1 cm³/mol. The Hall–Kier alpha value is -2.44. The summed E-state index contributed by atoms with van der Waals surface area (Å²) in [5.41, 5.74) is 2.01. The summed E-state index contributed by atoms with van der Waals surface area (Å²) in [6.45, 7) is -0.523. The van der Waals surface area contributed by atoms with Gasteiger partial charge >= 0.3 is 0 Å². The number of hydrazine groups is 6. The number of nitro groups is 3. The molecule has 1 saturated heterocycles. The van der Waals surface area contributed by atoms with Crippen molar-refractivity contribution in [3.63, 3.8) is 0 Å². The highest BCUT2D eigenvalue weighted by molar-refractivity contribution is 4.45. The fourth-order valence-corrected chi connectivity index (χ4v) is 0.924. The first-order chi connectivity index (χ1) is 6.95. The van der Waals surface area contributed by atoms with Crippen molar-refractivity contribution >= 4 is 0 Å². The van der Waals surface area contributed by atoms with E-state index in [4.69, 9.17) is 0 Å². The summed E-state index contributed by atoms with van der Waals surface area (Å²) in [5.74, 6) is 0. The number of nitrogens with zero attached hydrogens (tertiary/aromatic N) is 6. The second kappa shape index (κ2) is 4.87. The molecule has 16 heavy (non-hydrogen) atoms. The van der Waals surface area contributed by atoms with Gasteiger partial charge in [0, 0.05) is 6.54 Å². The Morgan fingerprint density at radius 2 is 1.56 bits per heavy atom. The molecule has 0 aromatic rings. The third kappa shape index (κ3) is 2.32. The molecule has 1 N–H and O–H groups in total. The van der Waals surface area contributed by atoms with Crippen LogP contribution in [-0.4, -0.2) is 43.8 Å². The van der Waals surface area contributed by atoms with E-state index in [2.05, 4.69) is 0 Å². The highest BCUT2D eigenvalue weighted by atomic mass is 16.8. The van der Waals surface area contributed by atoms with Gasteiger partial charge in [-0.3, -0.25) is 0 Å². The van der Waals surface area contributed by atoms with Gasteiger partial charge in [0.1, 0.15) is 11.8 Å². The maximum atomic E-state index is 10.4. The van der Waals surface area contributed by atoms with Crippen molar-refractivity contribution in [3.8, 4) is 0 Å². The third-order valence-corrected chi connectivity index (χ3v) is 1.43. The van der Waals surface area contributed by atoms with E-state index in [0.717, 1.165) is 0 Å². The fraction of sp³-hybridized carbons (Fsp3) is 1.00. The van der Waals surface area contributed by atoms with Gasteiger partial charge in [0.05, 0.1) is 5.12 Å². The van der Waals surface area contributed by atoms with Crippen molar-refractivity contribution in [1.29, 1.82) is 0 Å². The quantitative estimate of drug-likeness (QED) is 0.452. The molecule has 0 aliphatic carbocycles. The first kappa shape index (κ1) is 13.6. The van der Waals surface area contributed by atoms with E-state index >= 15 is 0 Å². The van der Waals surface area contributed by atoms with Gasteiger partial charge in [-0.2, -0.15) is 0 Å². The zero-order chi connectivity index (χ0) is 11.6. The van der Waals surface area contributed by atoms with Crippen molar-refractivity contribution in [3.05, 3.63) is 30.3 Å². The second-order valence-electron chi connectivity index (χ2n) is 2.28. The molecule has 1 heterocycles. The molecule has 0 aromatic heterocycles. The SMILES string of the molecule is C.O=[N+]([O-])N1CCNN([N+](=O)[O-])N1[N+](=O)[O-]. The Kier molecular flexibility index (Phi) is 4.13. The molecule has 0 amide bonds. The van der Waals surface area contributed by atoms with Gasteiger partial charge in [0.2, 0.25) is 15.3 Å². The van der Waals surface area contributed by atoms with Gasteiger partial charge in [0.15, 0.2) is 5.03 Å². The Morgan fingerprint density at radius 1 is 1.00 bits per heavy atom.